The molecule has 1 unspecified atom stereocenters. The third-order valence-electron chi connectivity index (χ3n) is 1.48. The molecule has 1 aromatic heterocycles. The summed E-state index contributed by atoms with van der Waals surface area (Å²) in [5.74, 6) is 0.679. The van der Waals surface area contributed by atoms with Crippen LogP contribution in [0.25, 0.3) is 0 Å². The van der Waals surface area contributed by atoms with E-state index in [9.17, 15) is 5.11 Å². The van der Waals surface area contributed by atoms with Crippen LogP contribution in [-0.4, -0.2) is 23.1 Å². The van der Waals surface area contributed by atoms with Crippen molar-refractivity contribution >= 4 is 11.6 Å². The fourth-order valence-electron chi connectivity index (χ4n) is 0.899. The average Bonchev–Trinajstić information content (AvgIpc) is 2.16. The maximum absolute atomic E-state index is 9.37. The molecule has 1 atom stereocenters. The molecular weight excluding hydrogens is 178 g/mol. The van der Waals surface area contributed by atoms with Gasteiger partial charge in [-0.05, 0) is 12.1 Å². The van der Waals surface area contributed by atoms with E-state index in [1.54, 1.807) is 18.3 Å². The smallest absolute Gasteiger partial charge is 0.143 e. The Bertz CT molecular complexity index is 255. The highest BCUT2D eigenvalue weighted by Crippen LogP contribution is 2.22. The second-order valence-corrected chi connectivity index (χ2v) is 2.57. The predicted molar refractivity (Wildman–Crippen MR) is 46.5 cm³/mol. The second-order valence-electron chi connectivity index (χ2n) is 2.26. The molecule has 0 saturated heterocycles. The number of aliphatic hydroxyl groups excluding tert-OH is 1. The minimum Gasteiger partial charge on any atom is -0.495 e. The van der Waals surface area contributed by atoms with Gasteiger partial charge in [-0.15, -0.1) is 11.6 Å². The van der Waals surface area contributed by atoms with Crippen molar-refractivity contribution in [3.63, 3.8) is 0 Å². The molecule has 0 aliphatic rings. The number of aromatic nitrogens is 1. The fourth-order valence-corrected chi connectivity index (χ4v) is 1.04. The van der Waals surface area contributed by atoms with Crippen molar-refractivity contribution < 1.29 is 9.84 Å². The standard InChI is InChI=1S/C8H10ClNO2/c1-12-7-3-2-4-10-8(7)6(11)5-9/h2-4,6,11H,5H2,1H3. The SMILES string of the molecule is COc1cccnc1C(O)CCl. The van der Waals surface area contributed by atoms with Crippen molar-refractivity contribution in [1.29, 1.82) is 0 Å². The first kappa shape index (κ1) is 9.29. The van der Waals surface area contributed by atoms with Gasteiger partial charge in [0, 0.05) is 6.20 Å². The van der Waals surface area contributed by atoms with Gasteiger partial charge in [-0.3, -0.25) is 4.98 Å². The van der Waals surface area contributed by atoms with Gasteiger partial charge >= 0.3 is 0 Å². The van der Waals surface area contributed by atoms with E-state index in [1.165, 1.54) is 7.11 Å². The van der Waals surface area contributed by atoms with E-state index in [0.717, 1.165) is 0 Å². The van der Waals surface area contributed by atoms with Gasteiger partial charge in [-0.25, -0.2) is 0 Å². The van der Waals surface area contributed by atoms with Crippen LogP contribution in [0.3, 0.4) is 0 Å². The second kappa shape index (κ2) is 4.28. The van der Waals surface area contributed by atoms with Crippen LogP contribution in [-0.2, 0) is 0 Å². The van der Waals surface area contributed by atoms with E-state index in [2.05, 4.69) is 4.98 Å². The molecule has 66 valence electrons. The molecule has 4 heteroatoms. The van der Waals surface area contributed by atoms with Crippen LogP contribution in [0.2, 0.25) is 0 Å². The summed E-state index contributed by atoms with van der Waals surface area (Å²) >= 11 is 5.47. The summed E-state index contributed by atoms with van der Waals surface area (Å²) in [5, 5.41) is 9.37. The van der Waals surface area contributed by atoms with Gasteiger partial charge in [0.25, 0.3) is 0 Å². The Kier molecular flexibility index (Phi) is 3.31. The topological polar surface area (TPSA) is 42.4 Å². The molecule has 0 aliphatic carbocycles. The Labute approximate surface area is 76.0 Å². The summed E-state index contributed by atoms with van der Waals surface area (Å²) in [7, 11) is 1.53. The summed E-state index contributed by atoms with van der Waals surface area (Å²) < 4.78 is 4.99. The van der Waals surface area contributed by atoms with E-state index in [0.29, 0.717) is 11.4 Å². The van der Waals surface area contributed by atoms with Crippen LogP contribution in [0.15, 0.2) is 18.3 Å². The molecule has 0 aromatic carbocycles. The van der Waals surface area contributed by atoms with Crippen LogP contribution in [0.4, 0.5) is 0 Å². The van der Waals surface area contributed by atoms with Gasteiger partial charge in [-0.1, -0.05) is 0 Å². The maximum Gasteiger partial charge on any atom is 0.143 e. The quantitative estimate of drug-likeness (QED) is 0.727. The largest absolute Gasteiger partial charge is 0.495 e. The summed E-state index contributed by atoms with van der Waals surface area (Å²) in [5.41, 5.74) is 0.481. The number of pyridine rings is 1. The van der Waals surface area contributed by atoms with Crippen molar-refractivity contribution in [3.05, 3.63) is 24.0 Å². The number of alkyl halides is 1. The average molecular weight is 188 g/mol. The normalized spacial score (nSPS) is 12.6. The highest BCUT2D eigenvalue weighted by molar-refractivity contribution is 6.18. The Hall–Kier alpha value is -0.800. The van der Waals surface area contributed by atoms with E-state index >= 15 is 0 Å². The van der Waals surface area contributed by atoms with Gasteiger partial charge in [0.15, 0.2) is 0 Å². The molecular formula is C8H10ClNO2. The maximum atomic E-state index is 9.37. The third-order valence-corrected chi connectivity index (χ3v) is 1.77. The predicted octanol–water partition coefficient (Wildman–Crippen LogP) is 1.36. The van der Waals surface area contributed by atoms with Gasteiger partial charge in [0.05, 0.1) is 13.0 Å². The molecule has 3 nitrogen and oxygen atoms in total. The van der Waals surface area contributed by atoms with Crippen molar-refractivity contribution in [2.75, 3.05) is 13.0 Å². The van der Waals surface area contributed by atoms with Gasteiger partial charge in [0.2, 0.25) is 0 Å². The Balaban J connectivity index is 2.96. The zero-order valence-corrected chi connectivity index (χ0v) is 7.45. The van der Waals surface area contributed by atoms with Gasteiger partial charge < -0.3 is 9.84 Å². The number of halogens is 1. The number of methoxy groups -OCH3 is 1. The van der Waals surface area contributed by atoms with Crippen molar-refractivity contribution in [2.45, 2.75) is 6.10 Å². The summed E-state index contributed by atoms with van der Waals surface area (Å²) in [4.78, 5) is 3.96. The van der Waals surface area contributed by atoms with Crippen molar-refractivity contribution in [3.8, 4) is 5.75 Å². The first-order valence-electron chi connectivity index (χ1n) is 3.52. The molecule has 0 spiro atoms. The molecule has 1 heterocycles. The van der Waals surface area contributed by atoms with Crippen LogP contribution < -0.4 is 4.74 Å². The minimum atomic E-state index is -0.761. The highest BCUT2D eigenvalue weighted by atomic mass is 35.5. The Morgan fingerprint density at radius 2 is 2.50 bits per heavy atom. The highest BCUT2D eigenvalue weighted by Gasteiger charge is 2.12. The van der Waals surface area contributed by atoms with E-state index in [-0.39, 0.29) is 5.88 Å². The number of ether oxygens (including phenoxy) is 1. The molecule has 1 aromatic rings. The molecule has 0 saturated carbocycles. The lowest BCUT2D eigenvalue weighted by Gasteiger charge is -2.09. The monoisotopic (exact) mass is 187 g/mol. The summed E-state index contributed by atoms with van der Waals surface area (Å²) in [6.45, 7) is 0. The molecule has 0 amide bonds. The lowest BCUT2D eigenvalue weighted by Crippen LogP contribution is -2.03. The number of hydrogen-bond acceptors (Lipinski definition) is 3. The first-order chi connectivity index (χ1) is 5.79. The number of nitrogens with zero attached hydrogens (tertiary/aromatic N) is 1. The fraction of sp³-hybridized carbons (Fsp3) is 0.375. The summed E-state index contributed by atoms with van der Waals surface area (Å²) in [6, 6.07) is 3.47. The lowest BCUT2D eigenvalue weighted by atomic mass is 10.2. The molecule has 0 fully saturated rings. The molecule has 1 N–H and O–H groups in total. The molecule has 12 heavy (non-hydrogen) atoms. The zero-order valence-electron chi connectivity index (χ0n) is 6.70. The summed E-state index contributed by atoms with van der Waals surface area (Å²) in [6.07, 6.45) is 0.830. The van der Waals surface area contributed by atoms with Crippen LogP contribution in [0.1, 0.15) is 11.8 Å². The van der Waals surface area contributed by atoms with Gasteiger partial charge in [0.1, 0.15) is 17.5 Å². The van der Waals surface area contributed by atoms with Crippen molar-refractivity contribution in [2.24, 2.45) is 0 Å². The molecule has 0 bridgehead atoms. The van der Waals surface area contributed by atoms with Gasteiger partial charge in [-0.2, -0.15) is 0 Å². The molecule has 0 aliphatic heterocycles. The van der Waals surface area contributed by atoms with E-state index in [1.807, 2.05) is 0 Å². The van der Waals surface area contributed by atoms with E-state index < -0.39 is 6.10 Å². The Morgan fingerprint density at radius 1 is 1.75 bits per heavy atom. The number of aliphatic hydroxyl groups is 1. The number of rotatable bonds is 3. The number of hydrogen-bond donors (Lipinski definition) is 1. The van der Waals surface area contributed by atoms with Crippen LogP contribution in [0.5, 0.6) is 5.75 Å². The Morgan fingerprint density at radius 3 is 3.08 bits per heavy atom. The third kappa shape index (κ3) is 1.87. The first-order valence-corrected chi connectivity index (χ1v) is 4.06. The molecule has 0 radical (unpaired) electrons. The van der Waals surface area contributed by atoms with Crippen LogP contribution >= 0.6 is 11.6 Å². The molecule has 1 rings (SSSR count). The van der Waals surface area contributed by atoms with Crippen molar-refractivity contribution in [1.82, 2.24) is 4.98 Å². The van der Waals surface area contributed by atoms with E-state index in [4.69, 9.17) is 16.3 Å². The van der Waals surface area contributed by atoms with Crippen LogP contribution in [0, 0.1) is 0 Å². The zero-order chi connectivity index (χ0) is 8.97. The minimum absolute atomic E-state index is 0.118. The lowest BCUT2D eigenvalue weighted by molar-refractivity contribution is 0.192.